The fourth-order valence-electron chi connectivity index (χ4n) is 5.25. The van der Waals surface area contributed by atoms with Crippen molar-refractivity contribution in [2.45, 2.75) is 51.0 Å². The van der Waals surface area contributed by atoms with Gasteiger partial charge in [-0.2, -0.15) is 0 Å². The number of piperidine rings is 1. The topological polar surface area (TPSA) is 102 Å². The number of hydrogen-bond donors (Lipinski definition) is 1. The van der Waals surface area contributed by atoms with E-state index in [4.69, 9.17) is 20.5 Å². The van der Waals surface area contributed by atoms with E-state index >= 15 is 0 Å². The van der Waals surface area contributed by atoms with Crippen LogP contribution >= 0.6 is 15.9 Å². The smallest absolute Gasteiger partial charge is 0.165 e. The van der Waals surface area contributed by atoms with Crippen molar-refractivity contribution in [3.8, 4) is 22.4 Å². The van der Waals surface area contributed by atoms with Crippen LogP contribution in [0.5, 0.6) is 0 Å². The van der Waals surface area contributed by atoms with E-state index in [1.807, 2.05) is 30.5 Å². The first kappa shape index (κ1) is 24.7. The summed E-state index contributed by atoms with van der Waals surface area (Å²) in [6.45, 7) is 1.77. The summed E-state index contributed by atoms with van der Waals surface area (Å²) in [4.78, 5) is 26.4. The zero-order valence-corrected chi connectivity index (χ0v) is 22.8. The predicted molar refractivity (Wildman–Crippen MR) is 155 cm³/mol. The molecule has 8 nitrogen and oxygen atoms in total. The summed E-state index contributed by atoms with van der Waals surface area (Å²) >= 11 is 3.57. The monoisotopic (exact) mass is 571 g/mol. The molecule has 0 amide bonds. The predicted octanol–water partition coefficient (Wildman–Crippen LogP) is 6.40. The van der Waals surface area contributed by atoms with Gasteiger partial charge in [0.1, 0.15) is 24.1 Å². The van der Waals surface area contributed by atoms with Gasteiger partial charge in [0.15, 0.2) is 5.65 Å². The molecule has 1 aliphatic carbocycles. The highest BCUT2D eigenvalue weighted by atomic mass is 79.9. The number of aromatic nitrogens is 4. The number of hydrogen-bond acceptors (Lipinski definition) is 8. The second kappa shape index (κ2) is 11.0. The van der Waals surface area contributed by atoms with Gasteiger partial charge in [-0.1, -0.05) is 39.6 Å². The second-order valence-electron chi connectivity index (χ2n) is 9.94. The summed E-state index contributed by atoms with van der Waals surface area (Å²) in [6, 6.07) is 14.3. The maximum Gasteiger partial charge on any atom is 0.165 e. The molecule has 0 bridgehead atoms. The molecule has 194 valence electrons. The van der Waals surface area contributed by atoms with Crippen LogP contribution in [0.4, 0.5) is 11.6 Å². The SMILES string of the molecule is Nc1ncnc2nc(-c3ccc(N4CCC(=NOC5CCCCC5)CC4)nc3)cc(-c3cccc(Br)c3)c12. The second-order valence-corrected chi connectivity index (χ2v) is 10.9. The number of pyridine rings is 2. The van der Waals surface area contributed by atoms with Crippen LogP contribution in [0.25, 0.3) is 33.4 Å². The van der Waals surface area contributed by atoms with Crippen LogP contribution in [0.3, 0.4) is 0 Å². The van der Waals surface area contributed by atoms with E-state index in [1.165, 1.54) is 25.6 Å². The van der Waals surface area contributed by atoms with Gasteiger partial charge < -0.3 is 15.5 Å². The first-order valence-electron chi connectivity index (χ1n) is 13.2. The van der Waals surface area contributed by atoms with Gasteiger partial charge in [0, 0.05) is 42.2 Å². The Morgan fingerprint density at radius 1 is 0.947 bits per heavy atom. The van der Waals surface area contributed by atoms with Gasteiger partial charge in [0.05, 0.1) is 16.8 Å². The Morgan fingerprint density at radius 3 is 2.55 bits per heavy atom. The van der Waals surface area contributed by atoms with E-state index in [0.717, 1.165) is 82.5 Å². The van der Waals surface area contributed by atoms with Gasteiger partial charge in [0.25, 0.3) is 0 Å². The van der Waals surface area contributed by atoms with Crippen LogP contribution < -0.4 is 10.6 Å². The number of nitrogens with zero attached hydrogens (tertiary/aromatic N) is 6. The van der Waals surface area contributed by atoms with Gasteiger partial charge >= 0.3 is 0 Å². The number of fused-ring (bicyclic) bond motifs is 1. The van der Waals surface area contributed by atoms with E-state index in [-0.39, 0.29) is 0 Å². The molecule has 4 aromatic rings. The summed E-state index contributed by atoms with van der Waals surface area (Å²) in [7, 11) is 0. The fraction of sp³-hybridized carbons (Fsp3) is 0.345. The summed E-state index contributed by atoms with van der Waals surface area (Å²) in [5.41, 5.74) is 11.6. The van der Waals surface area contributed by atoms with Crippen molar-refractivity contribution >= 4 is 44.3 Å². The molecule has 2 fully saturated rings. The third-order valence-corrected chi connectivity index (χ3v) is 7.85. The van der Waals surface area contributed by atoms with Gasteiger partial charge in [-0.25, -0.2) is 19.9 Å². The molecule has 0 spiro atoms. The molecule has 9 heteroatoms. The molecule has 0 unspecified atom stereocenters. The highest BCUT2D eigenvalue weighted by Crippen LogP contribution is 2.35. The molecule has 0 radical (unpaired) electrons. The van der Waals surface area contributed by atoms with E-state index in [2.05, 4.69) is 54.2 Å². The van der Waals surface area contributed by atoms with Crippen LogP contribution in [-0.2, 0) is 4.84 Å². The third kappa shape index (κ3) is 5.34. The standard InChI is InChI=1S/C29H30BrN7O/c30-21-6-4-5-19(15-21)24-16-25(35-29-27(24)28(31)33-18-34-29)20-9-10-26(32-17-20)37-13-11-22(12-14-37)36-38-23-7-2-1-3-8-23/h4-6,9-10,15-18,23H,1-3,7-8,11-14H2,(H2,31,33,34,35). The maximum atomic E-state index is 6.25. The zero-order valence-electron chi connectivity index (χ0n) is 21.2. The molecule has 38 heavy (non-hydrogen) atoms. The zero-order chi connectivity index (χ0) is 25.9. The van der Waals surface area contributed by atoms with Crippen molar-refractivity contribution in [2.75, 3.05) is 23.7 Å². The first-order valence-corrected chi connectivity index (χ1v) is 14.0. The molecule has 2 aliphatic rings. The van der Waals surface area contributed by atoms with Crippen molar-refractivity contribution in [3.63, 3.8) is 0 Å². The van der Waals surface area contributed by atoms with Crippen molar-refractivity contribution in [3.05, 3.63) is 59.5 Å². The lowest BCUT2D eigenvalue weighted by Gasteiger charge is -2.29. The number of rotatable bonds is 5. The minimum absolute atomic E-state index is 0.305. The van der Waals surface area contributed by atoms with Crippen LogP contribution in [-0.4, -0.2) is 44.8 Å². The number of halogens is 1. The molecule has 1 saturated heterocycles. The van der Waals surface area contributed by atoms with Crippen molar-refractivity contribution in [1.29, 1.82) is 0 Å². The quantitative estimate of drug-likeness (QED) is 0.276. The Morgan fingerprint density at radius 2 is 1.79 bits per heavy atom. The van der Waals surface area contributed by atoms with Crippen LogP contribution in [0.2, 0.25) is 0 Å². The molecule has 1 aliphatic heterocycles. The average molecular weight is 573 g/mol. The molecular weight excluding hydrogens is 542 g/mol. The van der Waals surface area contributed by atoms with E-state index < -0.39 is 0 Å². The minimum atomic E-state index is 0.305. The highest BCUT2D eigenvalue weighted by Gasteiger charge is 2.20. The molecule has 4 heterocycles. The summed E-state index contributed by atoms with van der Waals surface area (Å²) < 4.78 is 0.984. The van der Waals surface area contributed by atoms with Gasteiger partial charge in [0.2, 0.25) is 0 Å². The van der Waals surface area contributed by atoms with Crippen molar-refractivity contribution in [2.24, 2.45) is 5.16 Å². The van der Waals surface area contributed by atoms with Crippen molar-refractivity contribution < 1.29 is 4.84 Å². The molecule has 2 N–H and O–H groups in total. The normalized spacial score (nSPS) is 16.6. The number of nitrogen functional groups attached to an aromatic ring is 1. The fourth-order valence-corrected chi connectivity index (χ4v) is 5.65. The Labute approximate surface area is 230 Å². The molecule has 1 aromatic carbocycles. The van der Waals surface area contributed by atoms with Gasteiger partial charge in [-0.05, 0) is 67.1 Å². The third-order valence-electron chi connectivity index (χ3n) is 7.36. The van der Waals surface area contributed by atoms with Gasteiger partial charge in [-0.3, -0.25) is 0 Å². The lowest BCUT2D eigenvalue weighted by Crippen LogP contribution is -2.34. The lowest BCUT2D eigenvalue weighted by atomic mass is 9.98. The molecule has 1 saturated carbocycles. The number of benzene rings is 1. The Balaban J connectivity index is 1.21. The van der Waals surface area contributed by atoms with Gasteiger partial charge in [-0.15, -0.1) is 0 Å². The maximum absolute atomic E-state index is 6.25. The van der Waals surface area contributed by atoms with Crippen LogP contribution in [0.1, 0.15) is 44.9 Å². The largest absolute Gasteiger partial charge is 0.393 e. The molecule has 6 rings (SSSR count). The van der Waals surface area contributed by atoms with Crippen molar-refractivity contribution in [1.82, 2.24) is 19.9 Å². The summed E-state index contributed by atoms with van der Waals surface area (Å²) in [6.07, 6.45) is 11.6. The van der Waals surface area contributed by atoms with Crippen LogP contribution in [0.15, 0.2) is 64.6 Å². The number of oxime groups is 1. The van der Waals surface area contributed by atoms with E-state index in [1.54, 1.807) is 0 Å². The molecule has 3 aromatic heterocycles. The summed E-state index contributed by atoms with van der Waals surface area (Å²) in [5.74, 6) is 1.37. The van der Waals surface area contributed by atoms with E-state index in [9.17, 15) is 0 Å². The molecular formula is C29H30BrN7O. The lowest BCUT2D eigenvalue weighted by molar-refractivity contribution is 0.0321. The average Bonchev–Trinajstić information content (AvgIpc) is 2.97. The highest BCUT2D eigenvalue weighted by molar-refractivity contribution is 9.10. The Hall–Kier alpha value is -3.59. The van der Waals surface area contributed by atoms with E-state index in [0.29, 0.717) is 17.6 Å². The Bertz CT molecular complexity index is 1460. The first-order chi connectivity index (χ1) is 18.6. The van der Waals surface area contributed by atoms with Crippen LogP contribution in [0, 0.1) is 0 Å². The number of nitrogens with two attached hydrogens (primary N) is 1. The Kier molecular flexibility index (Phi) is 7.18. The minimum Gasteiger partial charge on any atom is -0.393 e. The number of anilines is 2. The molecule has 0 atom stereocenters. The summed E-state index contributed by atoms with van der Waals surface area (Å²) in [5, 5.41) is 5.24.